The fourth-order valence-electron chi connectivity index (χ4n) is 2.40. The summed E-state index contributed by atoms with van der Waals surface area (Å²) in [5.41, 5.74) is 0. The first-order chi connectivity index (χ1) is 7.49. The molecule has 1 N–H and O–H groups in total. The number of nitrogens with zero attached hydrogens (tertiary/aromatic N) is 1. The van der Waals surface area contributed by atoms with Crippen molar-refractivity contribution in [3.8, 4) is 0 Å². The lowest BCUT2D eigenvalue weighted by Gasteiger charge is -2.26. The van der Waals surface area contributed by atoms with Gasteiger partial charge in [0.05, 0.1) is 17.5 Å². The van der Waals surface area contributed by atoms with E-state index in [4.69, 9.17) is 0 Å². The van der Waals surface area contributed by atoms with Crippen LogP contribution in [0.15, 0.2) is 0 Å². The van der Waals surface area contributed by atoms with Gasteiger partial charge in [-0.25, -0.2) is 8.42 Å². The minimum atomic E-state index is -2.91. The van der Waals surface area contributed by atoms with E-state index >= 15 is 0 Å². The van der Waals surface area contributed by atoms with Gasteiger partial charge in [-0.05, 0) is 25.8 Å². The molecular weight excluding hydrogens is 228 g/mol. The second-order valence-corrected chi connectivity index (χ2v) is 6.88. The average molecular weight is 246 g/mol. The predicted molar refractivity (Wildman–Crippen MR) is 60.9 cm³/mol. The van der Waals surface area contributed by atoms with Crippen LogP contribution < -0.4 is 5.32 Å². The van der Waals surface area contributed by atoms with Crippen LogP contribution >= 0.6 is 0 Å². The highest BCUT2D eigenvalue weighted by molar-refractivity contribution is 7.91. The summed E-state index contributed by atoms with van der Waals surface area (Å²) in [6, 6.07) is -0.229. The van der Waals surface area contributed by atoms with Crippen LogP contribution in [0.5, 0.6) is 0 Å². The van der Waals surface area contributed by atoms with Crippen molar-refractivity contribution in [1.82, 2.24) is 10.2 Å². The third-order valence-electron chi connectivity index (χ3n) is 3.46. The van der Waals surface area contributed by atoms with Crippen LogP contribution in [0.4, 0.5) is 0 Å². The van der Waals surface area contributed by atoms with E-state index in [0.29, 0.717) is 6.42 Å². The Morgan fingerprint density at radius 1 is 1.38 bits per heavy atom. The number of rotatable bonds is 2. The Morgan fingerprint density at radius 3 is 2.62 bits per heavy atom. The summed E-state index contributed by atoms with van der Waals surface area (Å²) in [7, 11) is -1.20. The lowest BCUT2D eigenvalue weighted by Crippen LogP contribution is -2.46. The number of likely N-dealkylation sites (N-methyl/N-ethyl adjacent to an activating group) is 1. The second kappa shape index (κ2) is 4.33. The van der Waals surface area contributed by atoms with E-state index in [1.807, 2.05) is 0 Å². The fourth-order valence-corrected chi connectivity index (χ4v) is 4.18. The maximum atomic E-state index is 12.0. The fraction of sp³-hybridized carbons (Fsp3) is 0.900. The zero-order valence-corrected chi connectivity index (χ0v) is 10.3. The molecule has 6 heteroatoms. The van der Waals surface area contributed by atoms with Crippen LogP contribution in [0.1, 0.15) is 19.3 Å². The van der Waals surface area contributed by atoms with Crippen molar-refractivity contribution in [3.05, 3.63) is 0 Å². The molecule has 2 fully saturated rings. The normalized spacial score (nSPS) is 32.8. The van der Waals surface area contributed by atoms with Gasteiger partial charge in [0.25, 0.3) is 0 Å². The number of hydrogen-bond donors (Lipinski definition) is 1. The number of hydrogen-bond acceptors (Lipinski definition) is 4. The van der Waals surface area contributed by atoms with Gasteiger partial charge >= 0.3 is 0 Å². The molecule has 2 aliphatic rings. The van der Waals surface area contributed by atoms with Gasteiger partial charge in [0.15, 0.2) is 9.84 Å². The largest absolute Gasteiger partial charge is 0.340 e. The maximum absolute atomic E-state index is 12.0. The van der Waals surface area contributed by atoms with Crippen molar-refractivity contribution in [1.29, 1.82) is 0 Å². The van der Waals surface area contributed by atoms with Crippen molar-refractivity contribution in [2.75, 3.05) is 25.1 Å². The Labute approximate surface area is 96.1 Å². The van der Waals surface area contributed by atoms with Crippen molar-refractivity contribution < 1.29 is 13.2 Å². The monoisotopic (exact) mass is 246 g/mol. The number of carbonyl (C=O) groups excluding carboxylic acids is 1. The molecule has 0 spiro atoms. The highest BCUT2D eigenvalue weighted by atomic mass is 32.2. The van der Waals surface area contributed by atoms with Crippen LogP contribution in [-0.4, -0.2) is 56.4 Å². The first-order valence-corrected chi connectivity index (χ1v) is 7.52. The van der Waals surface area contributed by atoms with Gasteiger partial charge in [-0.3, -0.25) is 4.79 Å². The first kappa shape index (κ1) is 11.9. The molecule has 0 aromatic rings. The van der Waals surface area contributed by atoms with E-state index in [0.717, 1.165) is 19.4 Å². The number of carbonyl (C=O) groups is 1. The third-order valence-corrected chi connectivity index (χ3v) is 5.21. The van der Waals surface area contributed by atoms with Gasteiger partial charge in [0.2, 0.25) is 5.91 Å². The summed E-state index contributed by atoms with van der Waals surface area (Å²) in [5, 5.41) is 3.14. The molecule has 2 saturated heterocycles. The summed E-state index contributed by atoms with van der Waals surface area (Å²) < 4.78 is 22.7. The van der Waals surface area contributed by atoms with Crippen molar-refractivity contribution in [3.63, 3.8) is 0 Å². The summed E-state index contributed by atoms with van der Waals surface area (Å²) in [6.07, 6.45) is 2.47. The van der Waals surface area contributed by atoms with Crippen molar-refractivity contribution in [2.24, 2.45) is 0 Å². The lowest BCUT2D eigenvalue weighted by molar-refractivity contribution is -0.133. The molecule has 0 bridgehead atoms. The number of amides is 1. The Morgan fingerprint density at radius 2 is 2.12 bits per heavy atom. The van der Waals surface area contributed by atoms with E-state index in [-0.39, 0.29) is 29.5 Å². The van der Waals surface area contributed by atoms with E-state index in [1.165, 1.54) is 0 Å². The van der Waals surface area contributed by atoms with Gasteiger partial charge in [-0.15, -0.1) is 0 Å². The number of sulfone groups is 1. The maximum Gasteiger partial charge on any atom is 0.239 e. The van der Waals surface area contributed by atoms with Gasteiger partial charge in [0.1, 0.15) is 0 Å². The quantitative estimate of drug-likeness (QED) is 0.705. The van der Waals surface area contributed by atoms with Gasteiger partial charge in [-0.2, -0.15) is 0 Å². The van der Waals surface area contributed by atoms with Crippen LogP contribution in [-0.2, 0) is 14.6 Å². The van der Waals surface area contributed by atoms with Gasteiger partial charge < -0.3 is 10.2 Å². The third kappa shape index (κ3) is 2.38. The Kier molecular flexibility index (Phi) is 3.21. The standard InChI is InChI=1S/C10H18N2O3S/c1-12(8-4-6-16(14,15)7-8)10(13)9-3-2-5-11-9/h8-9,11H,2-7H2,1H3/t8?,9-/m0/s1. The van der Waals surface area contributed by atoms with E-state index in [2.05, 4.69) is 5.32 Å². The van der Waals surface area contributed by atoms with E-state index < -0.39 is 9.84 Å². The molecule has 2 rings (SSSR count). The van der Waals surface area contributed by atoms with Crippen molar-refractivity contribution >= 4 is 15.7 Å². The number of nitrogens with one attached hydrogen (secondary N) is 1. The molecule has 92 valence electrons. The minimum Gasteiger partial charge on any atom is -0.340 e. The Hall–Kier alpha value is -0.620. The zero-order chi connectivity index (χ0) is 11.8. The molecule has 1 amide bonds. The first-order valence-electron chi connectivity index (χ1n) is 5.70. The van der Waals surface area contributed by atoms with E-state index in [1.54, 1.807) is 11.9 Å². The molecule has 2 atom stereocenters. The SMILES string of the molecule is CN(C(=O)[C@@H]1CCCN1)C1CCS(=O)(=O)C1. The molecule has 5 nitrogen and oxygen atoms in total. The molecule has 0 aromatic heterocycles. The highest BCUT2D eigenvalue weighted by Gasteiger charge is 2.35. The second-order valence-electron chi connectivity index (χ2n) is 4.65. The zero-order valence-electron chi connectivity index (χ0n) is 9.48. The van der Waals surface area contributed by atoms with Crippen molar-refractivity contribution in [2.45, 2.75) is 31.3 Å². The Balaban J connectivity index is 1.97. The molecule has 0 aliphatic carbocycles. The summed E-state index contributed by atoms with van der Waals surface area (Å²) in [4.78, 5) is 13.6. The highest BCUT2D eigenvalue weighted by Crippen LogP contribution is 2.18. The average Bonchev–Trinajstić information content (AvgIpc) is 2.84. The topological polar surface area (TPSA) is 66.5 Å². The molecule has 0 aromatic carbocycles. The summed E-state index contributed by atoms with van der Waals surface area (Å²) in [6.45, 7) is 0.882. The summed E-state index contributed by atoms with van der Waals surface area (Å²) in [5.74, 6) is 0.384. The molecule has 2 heterocycles. The van der Waals surface area contributed by atoms with E-state index in [9.17, 15) is 13.2 Å². The van der Waals surface area contributed by atoms with Crippen LogP contribution in [0.3, 0.4) is 0 Å². The van der Waals surface area contributed by atoms with Crippen LogP contribution in [0.25, 0.3) is 0 Å². The van der Waals surface area contributed by atoms with Crippen LogP contribution in [0, 0.1) is 0 Å². The van der Waals surface area contributed by atoms with Crippen LogP contribution in [0.2, 0.25) is 0 Å². The van der Waals surface area contributed by atoms with Gasteiger partial charge in [0, 0.05) is 13.1 Å². The smallest absolute Gasteiger partial charge is 0.239 e. The molecule has 2 aliphatic heterocycles. The molecule has 0 radical (unpaired) electrons. The summed E-state index contributed by atoms with van der Waals surface area (Å²) >= 11 is 0. The molecule has 16 heavy (non-hydrogen) atoms. The molecular formula is C10H18N2O3S. The molecule has 0 saturated carbocycles. The Bertz CT molecular complexity index is 374. The van der Waals surface area contributed by atoms with Gasteiger partial charge in [-0.1, -0.05) is 0 Å². The molecule has 1 unspecified atom stereocenters. The minimum absolute atomic E-state index is 0.0413. The lowest BCUT2D eigenvalue weighted by atomic mass is 10.1. The predicted octanol–water partition coefficient (Wildman–Crippen LogP) is -0.616.